The minimum Gasteiger partial charge on any atom is -0.314 e. The molecule has 1 N–H and O–H groups in total. The van der Waals surface area contributed by atoms with Crippen LogP contribution >= 0.6 is 0 Å². The van der Waals surface area contributed by atoms with E-state index in [-0.39, 0.29) is 0 Å². The number of hydrogen-bond acceptors (Lipinski definition) is 1. The van der Waals surface area contributed by atoms with Gasteiger partial charge in [0.1, 0.15) is 0 Å². The minimum absolute atomic E-state index is 0.673. The monoisotopic (exact) mass is 197 g/mol. The number of nitrogens with one attached hydrogen (secondary N) is 1. The van der Waals surface area contributed by atoms with Crippen molar-refractivity contribution in [1.82, 2.24) is 5.32 Å². The van der Waals surface area contributed by atoms with Gasteiger partial charge in [0.15, 0.2) is 0 Å². The molecule has 1 atom stereocenters. The summed E-state index contributed by atoms with van der Waals surface area (Å²) < 4.78 is 0. The van der Waals surface area contributed by atoms with Crippen LogP contribution < -0.4 is 5.32 Å². The van der Waals surface area contributed by atoms with Gasteiger partial charge in [-0.2, -0.15) is 0 Å². The lowest BCUT2D eigenvalue weighted by molar-refractivity contribution is 0.269. The van der Waals surface area contributed by atoms with E-state index in [0.717, 1.165) is 18.5 Å². The molecule has 0 aromatic heterocycles. The molecule has 1 unspecified atom stereocenters. The Bertz CT molecular complexity index is 157. The predicted octanol–water partition coefficient (Wildman–Crippen LogP) is 3.59. The fourth-order valence-electron chi connectivity index (χ4n) is 2.65. The maximum Gasteiger partial charge on any atom is 0.00951 e. The van der Waals surface area contributed by atoms with Crippen LogP contribution in [0.25, 0.3) is 0 Å². The van der Waals surface area contributed by atoms with E-state index in [1.807, 2.05) is 0 Å². The van der Waals surface area contributed by atoms with Crippen LogP contribution in [0.15, 0.2) is 0 Å². The van der Waals surface area contributed by atoms with Gasteiger partial charge in [0.05, 0.1) is 0 Å². The Balaban J connectivity index is 2.41. The van der Waals surface area contributed by atoms with Gasteiger partial charge in [-0.15, -0.1) is 0 Å². The normalized spacial score (nSPS) is 21.2. The van der Waals surface area contributed by atoms with E-state index >= 15 is 0 Å². The molecule has 0 spiro atoms. The molecule has 1 heteroatoms. The SMILES string of the molecule is CCNC(C)C1(CC(CC)CC)CC1. The highest BCUT2D eigenvalue weighted by Gasteiger charge is 2.47. The number of rotatable bonds is 7. The van der Waals surface area contributed by atoms with Crippen molar-refractivity contribution >= 4 is 0 Å². The first-order valence-electron chi connectivity index (χ1n) is 6.41. The van der Waals surface area contributed by atoms with Gasteiger partial charge >= 0.3 is 0 Å². The first-order chi connectivity index (χ1) is 6.68. The van der Waals surface area contributed by atoms with Crippen molar-refractivity contribution in [2.45, 2.75) is 65.8 Å². The molecule has 0 saturated heterocycles. The highest BCUT2D eigenvalue weighted by Crippen LogP contribution is 2.54. The predicted molar refractivity (Wildman–Crippen MR) is 63.5 cm³/mol. The van der Waals surface area contributed by atoms with Crippen LogP contribution in [0.2, 0.25) is 0 Å². The van der Waals surface area contributed by atoms with Crippen LogP contribution in [0.5, 0.6) is 0 Å². The summed E-state index contributed by atoms with van der Waals surface area (Å²) in [6.45, 7) is 10.4. The van der Waals surface area contributed by atoms with E-state index in [1.54, 1.807) is 0 Å². The Kier molecular flexibility index (Phi) is 4.43. The molecule has 1 rings (SSSR count). The second-order valence-electron chi connectivity index (χ2n) is 5.03. The maximum atomic E-state index is 3.60. The van der Waals surface area contributed by atoms with Gasteiger partial charge in [-0.1, -0.05) is 33.6 Å². The van der Waals surface area contributed by atoms with Gasteiger partial charge in [0, 0.05) is 6.04 Å². The van der Waals surface area contributed by atoms with E-state index < -0.39 is 0 Å². The van der Waals surface area contributed by atoms with E-state index in [2.05, 4.69) is 33.0 Å². The number of hydrogen-bond donors (Lipinski definition) is 1. The standard InChI is InChI=1S/C13H27N/c1-5-12(6-2)10-13(8-9-13)11(4)14-7-3/h11-12,14H,5-10H2,1-4H3. The summed E-state index contributed by atoms with van der Waals surface area (Å²) >= 11 is 0. The molecule has 14 heavy (non-hydrogen) atoms. The average Bonchev–Trinajstić information content (AvgIpc) is 2.96. The third kappa shape index (κ3) is 2.73. The maximum absolute atomic E-state index is 3.60. The van der Waals surface area contributed by atoms with E-state index in [1.165, 1.54) is 32.1 Å². The average molecular weight is 197 g/mol. The van der Waals surface area contributed by atoms with Crippen molar-refractivity contribution in [3.8, 4) is 0 Å². The largest absolute Gasteiger partial charge is 0.314 e. The first-order valence-corrected chi connectivity index (χ1v) is 6.41. The summed E-state index contributed by atoms with van der Waals surface area (Å²) in [5, 5.41) is 3.60. The molecule has 0 heterocycles. The van der Waals surface area contributed by atoms with Crippen molar-refractivity contribution < 1.29 is 0 Å². The van der Waals surface area contributed by atoms with Crippen LogP contribution in [-0.4, -0.2) is 12.6 Å². The molecule has 1 aliphatic rings. The Hall–Kier alpha value is -0.0400. The Labute approximate surface area is 89.7 Å². The molecule has 0 amide bonds. The van der Waals surface area contributed by atoms with Crippen molar-refractivity contribution in [1.29, 1.82) is 0 Å². The zero-order valence-electron chi connectivity index (χ0n) is 10.4. The van der Waals surface area contributed by atoms with Gasteiger partial charge in [-0.25, -0.2) is 0 Å². The molecule has 0 aliphatic heterocycles. The minimum atomic E-state index is 0.673. The molecule has 1 saturated carbocycles. The van der Waals surface area contributed by atoms with Crippen LogP contribution in [0, 0.1) is 11.3 Å². The molecule has 0 aromatic carbocycles. The third-order valence-corrected chi connectivity index (χ3v) is 4.17. The summed E-state index contributed by atoms with van der Waals surface area (Å²) in [4.78, 5) is 0. The third-order valence-electron chi connectivity index (χ3n) is 4.17. The van der Waals surface area contributed by atoms with Crippen molar-refractivity contribution in [3.63, 3.8) is 0 Å². The van der Waals surface area contributed by atoms with E-state index in [9.17, 15) is 0 Å². The smallest absolute Gasteiger partial charge is 0.00951 e. The summed E-state index contributed by atoms with van der Waals surface area (Å²) in [5.41, 5.74) is 0.673. The molecular formula is C13H27N. The van der Waals surface area contributed by atoms with Crippen LogP contribution in [0.4, 0.5) is 0 Å². The highest BCUT2D eigenvalue weighted by atomic mass is 14.9. The molecule has 1 fully saturated rings. The fraction of sp³-hybridized carbons (Fsp3) is 1.00. The molecule has 0 radical (unpaired) electrons. The molecule has 1 nitrogen and oxygen atoms in total. The topological polar surface area (TPSA) is 12.0 Å². The zero-order valence-corrected chi connectivity index (χ0v) is 10.4. The Morgan fingerprint density at radius 1 is 1.14 bits per heavy atom. The molecule has 1 aliphatic carbocycles. The van der Waals surface area contributed by atoms with Gasteiger partial charge in [0.2, 0.25) is 0 Å². The summed E-state index contributed by atoms with van der Waals surface area (Å²) in [6, 6.07) is 0.730. The zero-order chi connectivity index (χ0) is 10.6. The molecule has 0 aromatic rings. The highest BCUT2D eigenvalue weighted by molar-refractivity contribution is 5.01. The lowest BCUT2D eigenvalue weighted by atomic mass is 9.84. The Morgan fingerprint density at radius 3 is 2.07 bits per heavy atom. The fourth-order valence-corrected chi connectivity index (χ4v) is 2.65. The van der Waals surface area contributed by atoms with Crippen molar-refractivity contribution in [2.24, 2.45) is 11.3 Å². The molecular weight excluding hydrogens is 170 g/mol. The Morgan fingerprint density at radius 2 is 1.71 bits per heavy atom. The van der Waals surface area contributed by atoms with Crippen molar-refractivity contribution in [3.05, 3.63) is 0 Å². The summed E-state index contributed by atoms with van der Waals surface area (Å²) in [7, 11) is 0. The van der Waals surface area contributed by atoms with Crippen LogP contribution in [0.3, 0.4) is 0 Å². The lowest BCUT2D eigenvalue weighted by Gasteiger charge is -2.27. The second kappa shape index (κ2) is 5.16. The van der Waals surface area contributed by atoms with Gasteiger partial charge in [-0.3, -0.25) is 0 Å². The van der Waals surface area contributed by atoms with Crippen LogP contribution in [0.1, 0.15) is 59.8 Å². The summed E-state index contributed by atoms with van der Waals surface area (Å²) in [5.74, 6) is 0.957. The lowest BCUT2D eigenvalue weighted by Crippen LogP contribution is -2.35. The second-order valence-corrected chi connectivity index (χ2v) is 5.03. The molecule has 84 valence electrons. The van der Waals surface area contributed by atoms with E-state index in [0.29, 0.717) is 5.41 Å². The van der Waals surface area contributed by atoms with E-state index in [4.69, 9.17) is 0 Å². The van der Waals surface area contributed by atoms with Crippen molar-refractivity contribution in [2.75, 3.05) is 6.54 Å². The summed E-state index contributed by atoms with van der Waals surface area (Å²) in [6.07, 6.45) is 7.08. The van der Waals surface area contributed by atoms with Gasteiger partial charge in [-0.05, 0) is 44.1 Å². The molecule has 0 bridgehead atoms. The quantitative estimate of drug-likeness (QED) is 0.657. The van der Waals surface area contributed by atoms with Gasteiger partial charge < -0.3 is 5.32 Å². The van der Waals surface area contributed by atoms with Crippen LogP contribution in [-0.2, 0) is 0 Å². The first kappa shape index (κ1) is 12.0. The van der Waals surface area contributed by atoms with Gasteiger partial charge in [0.25, 0.3) is 0 Å².